The number of rotatable bonds is 2. The minimum Gasteiger partial charge on any atom is -0.382 e. The molecule has 82 valence electrons. The summed E-state index contributed by atoms with van der Waals surface area (Å²) in [5.41, 5.74) is 0. The number of alkyl halides is 3. The lowest BCUT2D eigenvalue weighted by Crippen LogP contribution is -2.43. The smallest absolute Gasteiger partial charge is 0.382 e. The van der Waals surface area contributed by atoms with Gasteiger partial charge >= 0.3 is 6.18 Å². The van der Waals surface area contributed by atoms with Gasteiger partial charge in [0.25, 0.3) is 0 Å². The van der Waals surface area contributed by atoms with E-state index in [0.29, 0.717) is 0 Å². The third kappa shape index (κ3) is 2.31. The molecule has 0 saturated heterocycles. The number of aliphatic hydroxyl groups excluding tert-OH is 1. The second-order valence-corrected chi connectivity index (χ2v) is 3.35. The van der Waals surface area contributed by atoms with E-state index in [9.17, 15) is 13.2 Å². The van der Waals surface area contributed by atoms with Crippen LogP contribution in [-0.4, -0.2) is 46.9 Å². The SMILES string of the molecule is CC1N(C)C=CN1CC(O)C(F)(F)F. The summed E-state index contributed by atoms with van der Waals surface area (Å²) in [6.07, 6.45) is -3.77. The van der Waals surface area contributed by atoms with E-state index in [4.69, 9.17) is 5.11 Å². The quantitative estimate of drug-likeness (QED) is 0.735. The first-order valence-electron chi connectivity index (χ1n) is 4.23. The lowest BCUT2D eigenvalue weighted by molar-refractivity contribution is -0.207. The lowest BCUT2D eigenvalue weighted by atomic mass is 10.3. The van der Waals surface area contributed by atoms with Crippen LogP contribution in [0, 0.1) is 0 Å². The minimum atomic E-state index is -4.55. The Labute approximate surface area is 80.4 Å². The van der Waals surface area contributed by atoms with Crippen LogP contribution in [0.15, 0.2) is 12.4 Å². The van der Waals surface area contributed by atoms with Crippen molar-refractivity contribution in [2.75, 3.05) is 13.6 Å². The Bertz CT molecular complexity index is 229. The summed E-state index contributed by atoms with van der Waals surface area (Å²) in [5.74, 6) is 0. The summed E-state index contributed by atoms with van der Waals surface area (Å²) in [6.45, 7) is 1.34. The van der Waals surface area contributed by atoms with Gasteiger partial charge in [0.05, 0.1) is 12.7 Å². The molecule has 1 aliphatic heterocycles. The molecule has 1 aliphatic rings. The Morgan fingerprint density at radius 3 is 2.36 bits per heavy atom. The zero-order valence-electron chi connectivity index (χ0n) is 7.99. The molecule has 14 heavy (non-hydrogen) atoms. The molecular weight excluding hydrogens is 197 g/mol. The van der Waals surface area contributed by atoms with Gasteiger partial charge in [-0.1, -0.05) is 0 Å². The van der Waals surface area contributed by atoms with Gasteiger partial charge in [-0.25, -0.2) is 0 Å². The topological polar surface area (TPSA) is 26.7 Å². The highest BCUT2D eigenvalue weighted by molar-refractivity contribution is 4.95. The molecule has 0 amide bonds. The average molecular weight is 210 g/mol. The molecule has 1 heterocycles. The first-order valence-corrected chi connectivity index (χ1v) is 4.23. The molecule has 1 rings (SSSR count). The zero-order chi connectivity index (χ0) is 10.9. The van der Waals surface area contributed by atoms with Gasteiger partial charge < -0.3 is 14.9 Å². The van der Waals surface area contributed by atoms with E-state index >= 15 is 0 Å². The van der Waals surface area contributed by atoms with Crippen molar-refractivity contribution in [2.24, 2.45) is 0 Å². The van der Waals surface area contributed by atoms with Crippen molar-refractivity contribution in [1.29, 1.82) is 0 Å². The predicted octanol–water partition coefficient (Wildman–Crippen LogP) is 0.974. The van der Waals surface area contributed by atoms with E-state index in [0.717, 1.165) is 0 Å². The normalized spacial score (nSPS) is 24.6. The van der Waals surface area contributed by atoms with Gasteiger partial charge in [-0.15, -0.1) is 0 Å². The molecule has 0 fully saturated rings. The molecule has 2 unspecified atom stereocenters. The Balaban J connectivity index is 2.50. The van der Waals surface area contributed by atoms with Crippen LogP contribution in [0.1, 0.15) is 6.92 Å². The van der Waals surface area contributed by atoms with Gasteiger partial charge in [-0.2, -0.15) is 13.2 Å². The second-order valence-electron chi connectivity index (χ2n) is 3.35. The summed E-state index contributed by atoms with van der Waals surface area (Å²) < 4.78 is 36.0. The highest BCUT2D eigenvalue weighted by Crippen LogP contribution is 2.23. The Kier molecular flexibility index (Phi) is 2.94. The van der Waals surface area contributed by atoms with Crippen molar-refractivity contribution in [3.8, 4) is 0 Å². The lowest BCUT2D eigenvalue weighted by Gasteiger charge is -2.29. The third-order valence-electron chi connectivity index (χ3n) is 2.32. The molecule has 3 nitrogen and oxygen atoms in total. The molecule has 0 bridgehead atoms. The molecule has 0 aromatic carbocycles. The minimum absolute atomic E-state index is 0.146. The standard InChI is InChI=1S/C8H13F3N2O/c1-6-12(2)3-4-13(6)5-7(14)8(9,10)11/h3-4,6-7,14H,5H2,1-2H3. The van der Waals surface area contributed by atoms with Crippen LogP contribution in [0.5, 0.6) is 0 Å². The fraction of sp³-hybridized carbons (Fsp3) is 0.750. The Morgan fingerprint density at radius 1 is 1.43 bits per heavy atom. The Hall–Kier alpha value is -0.910. The van der Waals surface area contributed by atoms with Gasteiger partial charge in [-0.3, -0.25) is 0 Å². The molecule has 6 heteroatoms. The number of nitrogens with zero attached hydrogens (tertiary/aromatic N) is 2. The van der Waals surface area contributed by atoms with Crippen molar-refractivity contribution in [3.05, 3.63) is 12.4 Å². The van der Waals surface area contributed by atoms with Gasteiger partial charge in [0.1, 0.15) is 0 Å². The van der Waals surface area contributed by atoms with E-state index in [1.54, 1.807) is 31.3 Å². The predicted molar refractivity (Wildman–Crippen MR) is 45.1 cm³/mol. The zero-order valence-corrected chi connectivity index (χ0v) is 7.99. The fourth-order valence-corrected chi connectivity index (χ4v) is 1.19. The maximum Gasteiger partial charge on any atom is 0.416 e. The summed E-state index contributed by atoms with van der Waals surface area (Å²) in [4.78, 5) is 3.21. The molecule has 0 aliphatic carbocycles. The van der Waals surface area contributed by atoms with E-state index in [1.807, 2.05) is 0 Å². The van der Waals surface area contributed by atoms with Gasteiger partial charge in [0.15, 0.2) is 6.10 Å². The highest BCUT2D eigenvalue weighted by atomic mass is 19.4. The van der Waals surface area contributed by atoms with E-state index in [1.165, 1.54) is 4.90 Å². The molecule has 0 aromatic heterocycles. The van der Waals surface area contributed by atoms with Gasteiger partial charge in [0, 0.05) is 19.4 Å². The van der Waals surface area contributed by atoms with E-state index in [2.05, 4.69) is 0 Å². The maximum absolute atomic E-state index is 12.0. The Morgan fingerprint density at radius 2 is 2.00 bits per heavy atom. The number of β-amino-alcohol motifs (C(OH)–C–C–N with tert-alkyl or cyclic N) is 1. The summed E-state index contributed by atoms with van der Waals surface area (Å²) in [5, 5.41) is 8.83. The van der Waals surface area contributed by atoms with Crippen molar-refractivity contribution in [1.82, 2.24) is 9.80 Å². The molecule has 0 saturated carbocycles. The van der Waals surface area contributed by atoms with Gasteiger partial charge in [-0.05, 0) is 6.92 Å². The van der Waals surface area contributed by atoms with Crippen molar-refractivity contribution < 1.29 is 18.3 Å². The van der Waals surface area contributed by atoms with Crippen molar-refractivity contribution in [2.45, 2.75) is 25.4 Å². The first-order chi connectivity index (χ1) is 6.32. The van der Waals surface area contributed by atoms with Gasteiger partial charge in [0.2, 0.25) is 0 Å². The number of hydrogen-bond acceptors (Lipinski definition) is 3. The highest BCUT2D eigenvalue weighted by Gasteiger charge is 2.40. The molecule has 0 radical (unpaired) electrons. The van der Waals surface area contributed by atoms with Crippen molar-refractivity contribution in [3.63, 3.8) is 0 Å². The maximum atomic E-state index is 12.0. The largest absolute Gasteiger partial charge is 0.416 e. The van der Waals surface area contributed by atoms with Crippen LogP contribution < -0.4 is 0 Å². The molecule has 2 atom stereocenters. The summed E-state index contributed by atoms with van der Waals surface area (Å²) >= 11 is 0. The fourth-order valence-electron chi connectivity index (χ4n) is 1.19. The molecule has 1 N–H and O–H groups in total. The second kappa shape index (κ2) is 3.68. The number of halogens is 3. The van der Waals surface area contributed by atoms with Crippen LogP contribution in [-0.2, 0) is 0 Å². The monoisotopic (exact) mass is 210 g/mol. The summed E-state index contributed by atoms with van der Waals surface area (Å²) in [6, 6.07) is 0. The van der Waals surface area contributed by atoms with Crippen LogP contribution in [0.4, 0.5) is 13.2 Å². The molecule has 0 spiro atoms. The summed E-state index contributed by atoms with van der Waals surface area (Å²) in [7, 11) is 1.77. The molecule has 0 aromatic rings. The molecular formula is C8H13F3N2O. The third-order valence-corrected chi connectivity index (χ3v) is 2.32. The van der Waals surface area contributed by atoms with E-state index in [-0.39, 0.29) is 6.17 Å². The average Bonchev–Trinajstić information content (AvgIpc) is 2.34. The first kappa shape index (κ1) is 11.2. The van der Waals surface area contributed by atoms with Crippen LogP contribution in [0.25, 0.3) is 0 Å². The number of aliphatic hydroxyl groups is 1. The van der Waals surface area contributed by atoms with E-state index < -0.39 is 18.8 Å². The van der Waals surface area contributed by atoms with Crippen LogP contribution >= 0.6 is 0 Å². The number of hydrogen-bond donors (Lipinski definition) is 1. The van der Waals surface area contributed by atoms with Crippen molar-refractivity contribution >= 4 is 0 Å². The van der Waals surface area contributed by atoms with Crippen LogP contribution in [0.3, 0.4) is 0 Å². The van der Waals surface area contributed by atoms with Crippen LogP contribution in [0.2, 0.25) is 0 Å².